The van der Waals surface area contributed by atoms with Crippen molar-refractivity contribution in [1.82, 2.24) is 0 Å². The van der Waals surface area contributed by atoms with Crippen molar-refractivity contribution in [2.75, 3.05) is 0 Å². The minimum atomic E-state index is -5.89. The molecular formula is C22H22F3O3PS. The number of hydrogen-bond donors (Lipinski definition) is 0. The molecular weight excluding hydrogens is 432 g/mol. The fraction of sp³-hybridized carbons (Fsp3) is 0.182. The number of rotatable bonds is 5. The van der Waals surface area contributed by atoms with Crippen LogP contribution in [-0.2, 0) is 14.1 Å². The topological polar surface area (TPSA) is 43.4 Å². The summed E-state index contributed by atoms with van der Waals surface area (Å²) < 4.78 is 70.8. The van der Waals surface area contributed by atoms with Gasteiger partial charge in [-0.15, -0.1) is 0 Å². The molecule has 0 aliphatic heterocycles. The SMILES string of the molecule is Cc1ccccc1[PH](OS(=O)(=O)C(F)(F)F)(c1ccccc1C)c1ccccc1C. The molecule has 3 rings (SSSR count). The zero-order chi connectivity index (χ0) is 22.2. The Bertz CT molecular complexity index is 1060. The van der Waals surface area contributed by atoms with E-state index < -0.39 is 23.1 Å². The molecule has 0 aliphatic rings. The van der Waals surface area contributed by atoms with Gasteiger partial charge in [-0.25, -0.2) is 0 Å². The number of aryl methyl sites for hydroxylation is 3. The van der Waals surface area contributed by atoms with E-state index in [1.807, 2.05) is 0 Å². The Morgan fingerprint density at radius 2 is 0.967 bits per heavy atom. The first kappa shape index (κ1) is 22.5. The summed E-state index contributed by atoms with van der Waals surface area (Å²) in [4.78, 5) is 0. The fourth-order valence-electron chi connectivity index (χ4n) is 3.69. The van der Waals surface area contributed by atoms with Gasteiger partial charge in [-0.05, 0) is 0 Å². The Hall–Kier alpha value is -2.21. The number of benzene rings is 3. The predicted molar refractivity (Wildman–Crippen MR) is 117 cm³/mol. The summed E-state index contributed by atoms with van der Waals surface area (Å²) in [5, 5.41) is 1.38. The summed E-state index contributed by atoms with van der Waals surface area (Å²) in [5.41, 5.74) is -3.56. The fourth-order valence-corrected chi connectivity index (χ4v) is 10.2. The molecule has 0 bridgehead atoms. The van der Waals surface area contributed by atoms with Gasteiger partial charge in [-0.2, -0.15) is 0 Å². The van der Waals surface area contributed by atoms with E-state index in [4.69, 9.17) is 3.97 Å². The molecule has 0 amide bonds. The molecule has 160 valence electrons. The Kier molecular flexibility index (Phi) is 6.10. The van der Waals surface area contributed by atoms with Gasteiger partial charge >= 0.3 is 175 Å². The van der Waals surface area contributed by atoms with Gasteiger partial charge in [0, 0.05) is 0 Å². The van der Waals surface area contributed by atoms with Crippen LogP contribution in [0.4, 0.5) is 13.2 Å². The van der Waals surface area contributed by atoms with Crippen LogP contribution < -0.4 is 15.9 Å². The Labute approximate surface area is 175 Å². The molecule has 0 saturated heterocycles. The van der Waals surface area contributed by atoms with Gasteiger partial charge < -0.3 is 0 Å². The molecule has 0 heterocycles. The molecule has 8 heteroatoms. The summed E-state index contributed by atoms with van der Waals surface area (Å²) in [6.07, 6.45) is 0. The Morgan fingerprint density at radius 1 is 0.667 bits per heavy atom. The average molecular weight is 454 g/mol. The van der Waals surface area contributed by atoms with Crippen molar-refractivity contribution in [2.24, 2.45) is 0 Å². The molecule has 0 aromatic heterocycles. The maximum atomic E-state index is 13.5. The molecule has 0 saturated carbocycles. The van der Waals surface area contributed by atoms with Gasteiger partial charge in [0.1, 0.15) is 0 Å². The molecule has 0 N–H and O–H groups in total. The van der Waals surface area contributed by atoms with Crippen molar-refractivity contribution >= 4 is 33.5 Å². The first-order valence-corrected chi connectivity index (χ1v) is 12.5. The van der Waals surface area contributed by atoms with Crippen molar-refractivity contribution in [3.05, 3.63) is 89.5 Å². The normalized spacial score (nSPS) is 13.3. The van der Waals surface area contributed by atoms with E-state index in [2.05, 4.69) is 0 Å². The van der Waals surface area contributed by atoms with E-state index >= 15 is 0 Å². The van der Waals surface area contributed by atoms with E-state index in [1.165, 1.54) is 0 Å². The minimum absolute atomic E-state index is 0.460. The summed E-state index contributed by atoms with van der Waals surface area (Å²) in [7, 11) is -10.00. The third kappa shape index (κ3) is 3.89. The van der Waals surface area contributed by atoms with E-state index in [1.54, 1.807) is 93.6 Å². The van der Waals surface area contributed by atoms with E-state index in [0.717, 1.165) is 0 Å². The second-order valence-electron chi connectivity index (χ2n) is 7.11. The van der Waals surface area contributed by atoms with Crippen LogP contribution in [-0.4, -0.2) is 13.9 Å². The summed E-state index contributed by atoms with van der Waals surface area (Å²) in [6, 6.07) is 20.5. The zero-order valence-electron chi connectivity index (χ0n) is 16.7. The molecule has 0 radical (unpaired) electrons. The average Bonchev–Trinajstić information content (AvgIpc) is 2.67. The molecule has 3 aromatic carbocycles. The molecule has 3 aromatic rings. The van der Waals surface area contributed by atoms with Crippen LogP contribution in [0.2, 0.25) is 0 Å². The van der Waals surface area contributed by atoms with E-state index in [9.17, 15) is 21.6 Å². The first-order valence-electron chi connectivity index (χ1n) is 9.21. The zero-order valence-corrected chi connectivity index (χ0v) is 18.5. The van der Waals surface area contributed by atoms with Crippen LogP contribution in [0.25, 0.3) is 0 Å². The van der Waals surface area contributed by atoms with Gasteiger partial charge in [0.2, 0.25) is 0 Å². The molecule has 3 nitrogen and oxygen atoms in total. The summed E-state index contributed by atoms with van der Waals surface area (Å²) in [6.45, 7) is 5.24. The molecule has 30 heavy (non-hydrogen) atoms. The van der Waals surface area contributed by atoms with Gasteiger partial charge in [0.05, 0.1) is 0 Å². The van der Waals surface area contributed by atoms with Gasteiger partial charge in [-0.3, -0.25) is 0 Å². The van der Waals surface area contributed by atoms with Crippen LogP contribution in [0.15, 0.2) is 72.8 Å². The number of hydrogen-bond acceptors (Lipinski definition) is 3. The maximum absolute atomic E-state index is 13.5. The van der Waals surface area contributed by atoms with E-state index in [-0.39, 0.29) is 0 Å². The summed E-state index contributed by atoms with van der Waals surface area (Å²) >= 11 is 0. The third-order valence-electron chi connectivity index (χ3n) is 5.09. The third-order valence-corrected chi connectivity index (χ3v) is 11.5. The molecule has 0 unspecified atom stereocenters. The monoisotopic (exact) mass is 454 g/mol. The van der Waals surface area contributed by atoms with Gasteiger partial charge in [0.25, 0.3) is 0 Å². The quantitative estimate of drug-likeness (QED) is 0.424. The molecule has 0 aliphatic carbocycles. The second-order valence-corrected chi connectivity index (χ2v) is 12.1. The molecule has 0 fully saturated rings. The van der Waals surface area contributed by atoms with Crippen LogP contribution in [0, 0.1) is 20.8 Å². The van der Waals surface area contributed by atoms with Crippen LogP contribution in [0.1, 0.15) is 16.7 Å². The van der Waals surface area contributed by atoms with Crippen molar-refractivity contribution < 1.29 is 25.6 Å². The second kappa shape index (κ2) is 8.14. The molecule has 0 spiro atoms. The number of halogens is 3. The van der Waals surface area contributed by atoms with E-state index in [0.29, 0.717) is 32.6 Å². The standard InChI is InChI=1S/C22H22F3O3PS/c1-16-10-4-7-13-19(16)29(20-14-8-5-11-17(20)2,21-15-9-6-12-18(21)3)28-30(26,27)22(23,24)25/h4-15,29H,1-3H3. The van der Waals surface area contributed by atoms with Crippen molar-refractivity contribution in [1.29, 1.82) is 0 Å². The van der Waals surface area contributed by atoms with Gasteiger partial charge in [0.15, 0.2) is 0 Å². The Balaban J connectivity index is 2.53. The van der Waals surface area contributed by atoms with Crippen LogP contribution >= 0.6 is 7.49 Å². The van der Waals surface area contributed by atoms with Crippen molar-refractivity contribution in [3.8, 4) is 0 Å². The predicted octanol–water partition coefficient (Wildman–Crippen LogP) is 4.42. The van der Waals surface area contributed by atoms with Crippen LogP contribution in [0.5, 0.6) is 0 Å². The van der Waals surface area contributed by atoms with Crippen molar-refractivity contribution in [3.63, 3.8) is 0 Å². The van der Waals surface area contributed by atoms with Crippen LogP contribution in [0.3, 0.4) is 0 Å². The first-order chi connectivity index (χ1) is 14.0. The Morgan fingerprint density at radius 3 is 1.23 bits per heavy atom. The van der Waals surface area contributed by atoms with Gasteiger partial charge in [-0.1, -0.05) is 0 Å². The van der Waals surface area contributed by atoms with Crippen molar-refractivity contribution in [2.45, 2.75) is 26.3 Å². The number of alkyl halides is 3. The molecule has 0 atom stereocenters. The summed E-state index contributed by atoms with van der Waals surface area (Å²) in [5.74, 6) is 0.